The largest absolute Gasteiger partial charge is 0.497 e. The number of nitrogens with one attached hydrogen (secondary N) is 1. The molecule has 0 bridgehead atoms. The number of ether oxygens (including phenoxy) is 1. The van der Waals surface area contributed by atoms with Gasteiger partial charge in [-0.1, -0.05) is 41.4 Å². The Morgan fingerprint density at radius 2 is 1.58 bits per heavy atom. The molecule has 0 aromatic heterocycles. The maximum absolute atomic E-state index is 6.11. The van der Waals surface area contributed by atoms with Crippen LogP contribution < -0.4 is 10.1 Å². The molecule has 0 aliphatic rings. The standard InChI is InChI=1S/C15H15Cl2NO/c1-19-12-7-5-11(6-8-12)9-18-10-13-14(16)3-2-4-15(13)17/h2-8,18H,9-10H2,1H3. The highest BCUT2D eigenvalue weighted by atomic mass is 35.5. The van der Waals surface area contributed by atoms with Crippen molar-refractivity contribution >= 4 is 23.2 Å². The number of methoxy groups -OCH3 is 1. The zero-order valence-corrected chi connectivity index (χ0v) is 12.1. The van der Waals surface area contributed by atoms with Crippen LogP contribution in [0.5, 0.6) is 5.75 Å². The lowest BCUT2D eigenvalue weighted by Crippen LogP contribution is -2.13. The first kappa shape index (κ1) is 14.2. The van der Waals surface area contributed by atoms with Crippen molar-refractivity contribution in [3.05, 3.63) is 63.6 Å². The first-order valence-corrected chi connectivity index (χ1v) is 6.73. The minimum atomic E-state index is 0.643. The van der Waals surface area contributed by atoms with E-state index in [4.69, 9.17) is 27.9 Å². The summed E-state index contributed by atoms with van der Waals surface area (Å²) in [7, 11) is 1.66. The Bertz CT molecular complexity index is 520. The molecule has 0 spiro atoms. The van der Waals surface area contributed by atoms with Gasteiger partial charge in [0.1, 0.15) is 5.75 Å². The van der Waals surface area contributed by atoms with Crippen molar-refractivity contribution in [3.8, 4) is 5.75 Å². The summed E-state index contributed by atoms with van der Waals surface area (Å²) in [4.78, 5) is 0. The van der Waals surface area contributed by atoms with Gasteiger partial charge in [0.2, 0.25) is 0 Å². The molecule has 0 unspecified atom stereocenters. The molecule has 0 radical (unpaired) electrons. The van der Waals surface area contributed by atoms with Crippen molar-refractivity contribution in [2.75, 3.05) is 7.11 Å². The fourth-order valence-electron chi connectivity index (χ4n) is 1.78. The van der Waals surface area contributed by atoms with Gasteiger partial charge in [0.15, 0.2) is 0 Å². The average molecular weight is 296 g/mol. The lowest BCUT2D eigenvalue weighted by atomic mass is 10.2. The van der Waals surface area contributed by atoms with Crippen LogP contribution in [0.1, 0.15) is 11.1 Å². The molecule has 2 nitrogen and oxygen atoms in total. The maximum Gasteiger partial charge on any atom is 0.118 e. The third-order valence-corrected chi connectivity index (χ3v) is 3.56. The first-order chi connectivity index (χ1) is 9.20. The smallest absolute Gasteiger partial charge is 0.118 e. The third kappa shape index (κ3) is 3.87. The normalized spacial score (nSPS) is 10.5. The average Bonchev–Trinajstić information content (AvgIpc) is 2.43. The SMILES string of the molecule is COc1ccc(CNCc2c(Cl)cccc2Cl)cc1. The van der Waals surface area contributed by atoms with Gasteiger partial charge in [-0.05, 0) is 29.8 Å². The van der Waals surface area contributed by atoms with Gasteiger partial charge >= 0.3 is 0 Å². The van der Waals surface area contributed by atoms with E-state index in [1.54, 1.807) is 7.11 Å². The minimum Gasteiger partial charge on any atom is -0.497 e. The summed E-state index contributed by atoms with van der Waals surface area (Å²) in [5.74, 6) is 0.859. The van der Waals surface area contributed by atoms with Crippen LogP contribution >= 0.6 is 23.2 Å². The Balaban J connectivity index is 1.92. The van der Waals surface area contributed by atoms with Gasteiger partial charge in [0, 0.05) is 28.7 Å². The Labute approximate surface area is 123 Å². The van der Waals surface area contributed by atoms with Crippen molar-refractivity contribution in [1.82, 2.24) is 5.32 Å². The molecule has 1 N–H and O–H groups in total. The second-order valence-electron chi connectivity index (χ2n) is 4.15. The number of hydrogen-bond acceptors (Lipinski definition) is 2. The zero-order chi connectivity index (χ0) is 13.7. The summed E-state index contributed by atoms with van der Waals surface area (Å²) >= 11 is 12.2. The number of benzene rings is 2. The molecular formula is C15H15Cl2NO. The highest BCUT2D eigenvalue weighted by Crippen LogP contribution is 2.24. The monoisotopic (exact) mass is 295 g/mol. The molecule has 4 heteroatoms. The van der Waals surface area contributed by atoms with E-state index >= 15 is 0 Å². The highest BCUT2D eigenvalue weighted by molar-refractivity contribution is 6.35. The summed E-state index contributed by atoms with van der Waals surface area (Å²) < 4.78 is 5.12. The molecule has 0 aliphatic carbocycles. The number of halogens is 2. The van der Waals surface area contributed by atoms with Gasteiger partial charge in [-0.3, -0.25) is 0 Å². The fourth-order valence-corrected chi connectivity index (χ4v) is 2.31. The van der Waals surface area contributed by atoms with Crippen LogP contribution in [0.15, 0.2) is 42.5 Å². The van der Waals surface area contributed by atoms with Gasteiger partial charge in [-0.2, -0.15) is 0 Å². The van der Waals surface area contributed by atoms with Crippen molar-refractivity contribution < 1.29 is 4.74 Å². The zero-order valence-electron chi connectivity index (χ0n) is 10.6. The number of rotatable bonds is 5. The van der Waals surface area contributed by atoms with Crippen LogP contribution in [0.4, 0.5) is 0 Å². The third-order valence-electron chi connectivity index (χ3n) is 2.85. The van der Waals surface area contributed by atoms with Crippen LogP contribution in [0.2, 0.25) is 10.0 Å². The Kier molecular flexibility index (Phi) is 5.08. The minimum absolute atomic E-state index is 0.643. The molecule has 0 saturated heterocycles. The maximum atomic E-state index is 6.11. The Morgan fingerprint density at radius 1 is 0.947 bits per heavy atom. The van der Waals surface area contributed by atoms with Crippen LogP contribution in [-0.4, -0.2) is 7.11 Å². The van der Waals surface area contributed by atoms with Gasteiger partial charge in [0.25, 0.3) is 0 Å². The van der Waals surface area contributed by atoms with Crippen molar-refractivity contribution in [2.24, 2.45) is 0 Å². The predicted octanol–water partition coefficient (Wildman–Crippen LogP) is 4.29. The van der Waals surface area contributed by atoms with E-state index in [0.29, 0.717) is 16.6 Å². The molecule has 2 rings (SSSR count). The van der Waals surface area contributed by atoms with E-state index in [0.717, 1.165) is 17.9 Å². The summed E-state index contributed by atoms with van der Waals surface area (Å²) in [5, 5.41) is 4.71. The molecule has 0 heterocycles. The quantitative estimate of drug-likeness (QED) is 0.888. The summed E-state index contributed by atoms with van der Waals surface area (Å²) in [6.45, 7) is 1.40. The molecule has 2 aromatic rings. The number of hydrogen-bond donors (Lipinski definition) is 1. The van der Waals surface area contributed by atoms with Crippen LogP contribution in [0, 0.1) is 0 Å². The Morgan fingerprint density at radius 3 is 2.16 bits per heavy atom. The molecule has 0 fully saturated rings. The lowest BCUT2D eigenvalue weighted by molar-refractivity contribution is 0.414. The van der Waals surface area contributed by atoms with Crippen LogP contribution in [0.3, 0.4) is 0 Å². The van der Waals surface area contributed by atoms with E-state index in [-0.39, 0.29) is 0 Å². The highest BCUT2D eigenvalue weighted by Gasteiger charge is 2.04. The van der Waals surface area contributed by atoms with Crippen molar-refractivity contribution in [3.63, 3.8) is 0 Å². The van der Waals surface area contributed by atoms with Gasteiger partial charge in [-0.25, -0.2) is 0 Å². The van der Waals surface area contributed by atoms with Crippen molar-refractivity contribution in [1.29, 1.82) is 0 Å². The van der Waals surface area contributed by atoms with Crippen LogP contribution in [0.25, 0.3) is 0 Å². The van der Waals surface area contributed by atoms with E-state index in [9.17, 15) is 0 Å². The molecule has 0 aliphatic heterocycles. The summed E-state index contributed by atoms with van der Waals surface area (Å²) in [6, 6.07) is 13.5. The molecule has 0 saturated carbocycles. The van der Waals surface area contributed by atoms with Gasteiger partial charge in [-0.15, -0.1) is 0 Å². The van der Waals surface area contributed by atoms with E-state index in [2.05, 4.69) is 5.32 Å². The summed E-state index contributed by atoms with van der Waals surface area (Å²) in [6.07, 6.45) is 0. The van der Waals surface area contributed by atoms with E-state index in [1.165, 1.54) is 5.56 Å². The predicted molar refractivity (Wildman–Crippen MR) is 80.0 cm³/mol. The second-order valence-corrected chi connectivity index (χ2v) is 4.97. The topological polar surface area (TPSA) is 21.3 Å². The van der Waals surface area contributed by atoms with Gasteiger partial charge in [0.05, 0.1) is 7.11 Å². The second kappa shape index (κ2) is 6.80. The fraction of sp³-hybridized carbons (Fsp3) is 0.200. The molecule has 2 aromatic carbocycles. The molecule has 0 atom stereocenters. The van der Waals surface area contributed by atoms with E-state index in [1.807, 2.05) is 42.5 Å². The van der Waals surface area contributed by atoms with E-state index < -0.39 is 0 Å². The summed E-state index contributed by atoms with van der Waals surface area (Å²) in [5.41, 5.74) is 2.11. The van der Waals surface area contributed by atoms with Crippen molar-refractivity contribution in [2.45, 2.75) is 13.1 Å². The lowest BCUT2D eigenvalue weighted by Gasteiger charge is -2.09. The first-order valence-electron chi connectivity index (χ1n) is 5.97. The van der Waals surface area contributed by atoms with Gasteiger partial charge < -0.3 is 10.1 Å². The van der Waals surface area contributed by atoms with Crippen LogP contribution in [-0.2, 0) is 13.1 Å². The molecule has 0 amide bonds. The Hall–Kier alpha value is -1.22. The molecule has 100 valence electrons. The molecular weight excluding hydrogens is 281 g/mol. The molecule has 19 heavy (non-hydrogen) atoms.